The van der Waals surface area contributed by atoms with Gasteiger partial charge in [-0.25, -0.2) is 8.42 Å². The van der Waals surface area contributed by atoms with Gasteiger partial charge in [-0.05, 0) is 18.2 Å². The fraction of sp³-hybridized carbons (Fsp3) is 0.308. The summed E-state index contributed by atoms with van der Waals surface area (Å²) in [5.41, 5.74) is 0.373. The molecule has 7 nitrogen and oxygen atoms in total. The summed E-state index contributed by atoms with van der Waals surface area (Å²) in [6.07, 6.45) is 3.04. The van der Waals surface area contributed by atoms with E-state index in [4.69, 9.17) is 9.47 Å². The Balaban J connectivity index is 2.24. The van der Waals surface area contributed by atoms with E-state index in [1.54, 1.807) is 30.1 Å². The van der Waals surface area contributed by atoms with Gasteiger partial charge < -0.3 is 9.47 Å². The first-order chi connectivity index (χ1) is 10.5. The summed E-state index contributed by atoms with van der Waals surface area (Å²) < 4.78 is 39.7. The number of anilines is 1. The van der Waals surface area contributed by atoms with Crippen molar-refractivity contribution in [3.05, 3.63) is 35.1 Å². The van der Waals surface area contributed by atoms with Gasteiger partial charge in [-0.1, -0.05) is 15.9 Å². The van der Waals surface area contributed by atoms with Crippen LogP contribution in [-0.4, -0.2) is 39.0 Å². The number of rotatable bonds is 7. The van der Waals surface area contributed by atoms with E-state index in [2.05, 4.69) is 25.8 Å². The molecule has 2 aromatic rings. The van der Waals surface area contributed by atoms with Gasteiger partial charge in [0.15, 0.2) is 0 Å². The van der Waals surface area contributed by atoms with Crippen molar-refractivity contribution in [2.45, 2.75) is 11.4 Å². The number of nitrogens with zero attached hydrogens (tertiary/aromatic N) is 2. The van der Waals surface area contributed by atoms with Crippen molar-refractivity contribution in [2.75, 3.05) is 25.5 Å². The minimum absolute atomic E-state index is 0.0500. The summed E-state index contributed by atoms with van der Waals surface area (Å²) in [7, 11) is -0.764. The number of hydrogen-bond acceptors (Lipinski definition) is 5. The van der Waals surface area contributed by atoms with Crippen LogP contribution in [0.15, 0.2) is 40.0 Å². The molecule has 0 amide bonds. The number of nitrogens with one attached hydrogen (secondary N) is 1. The Kier molecular flexibility index (Phi) is 5.43. The molecule has 0 spiro atoms. The predicted molar refractivity (Wildman–Crippen MR) is 85.6 cm³/mol. The lowest BCUT2D eigenvalue weighted by Crippen LogP contribution is -2.14. The van der Waals surface area contributed by atoms with E-state index in [1.807, 2.05) is 0 Å². The zero-order valence-electron chi connectivity index (χ0n) is 12.1. The van der Waals surface area contributed by atoms with Crippen molar-refractivity contribution >= 4 is 31.6 Å². The molecular weight excluding hydrogens is 374 g/mol. The summed E-state index contributed by atoms with van der Waals surface area (Å²) in [6, 6.07) is 4.78. The third kappa shape index (κ3) is 3.99. The zero-order valence-corrected chi connectivity index (χ0v) is 14.5. The summed E-state index contributed by atoms with van der Waals surface area (Å²) in [5, 5.41) is 4.06. The van der Waals surface area contributed by atoms with Crippen molar-refractivity contribution in [3.8, 4) is 5.75 Å². The average molecular weight is 390 g/mol. The Bertz CT molecular complexity index is 745. The number of sulfonamides is 1. The van der Waals surface area contributed by atoms with Crippen molar-refractivity contribution in [1.29, 1.82) is 0 Å². The number of ether oxygens (including phenoxy) is 2. The molecule has 0 saturated carbocycles. The van der Waals surface area contributed by atoms with Crippen LogP contribution >= 0.6 is 15.9 Å². The fourth-order valence-electron chi connectivity index (χ4n) is 1.79. The van der Waals surface area contributed by atoms with E-state index in [0.717, 1.165) is 0 Å². The summed E-state index contributed by atoms with van der Waals surface area (Å²) in [5.74, 6) is 0.266. The fourth-order valence-corrected chi connectivity index (χ4v) is 3.53. The molecule has 2 rings (SSSR count). The van der Waals surface area contributed by atoms with Gasteiger partial charge in [0.2, 0.25) is 0 Å². The number of halogens is 1. The molecule has 120 valence electrons. The first-order valence-electron chi connectivity index (χ1n) is 6.34. The zero-order chi connectivity index (χ0) is 16.2. The third-order valence-corrected chi connectivity index (χ3v) is 4.72. The standard InChI is InChI=1S/C13H16BrN3O4S/c1-20-6-5-17-9-11(8-15-17)16-22(18,19)13-7-10(14)3-4-12(13)21-2/h3-4,7-9,16H,5-6H2,1-2H3. The van der Waals surface area contributed by atoms with Gasteiger partial charge in [0, 0.05) is 17.8 Å². The number of benzene rings is 1. The quantitative estimate of drug-likeness (QED) is 0.783. The molecule has 9 heteroatoms. The minimum Gasteiger partial charge on any atom is -0.495 e. The molecule has 0 atom stereocenters. The maximum absolute atomic E-state index is 12.5. The lowest BCUT2D eigenvalue weighted by Gasteiger charge is -2.10. The molecule has 1 N–H and O–H groups in total. The van der Waals surface area contributed by atoms with Crippen LogP contribution in [0.3, 0.4) is 0 Å². The van der Waals surface area contributed by atoms with Crippen molar-refractivity contribution in [2.24, 2.45) is 0 Å². The van der Waals surface area contributed by atoms with Crippen LogP contribution in [0.2, 0.25) is 0 Å². The molecule has 0 aliphatic carbocycles. The molecule has 1 aromatic carbocycles. The lowest BCUT2D eigenvalue weighted by molar-refractivity contribution is 0.183. The van der Waals surface area contributed by atoms with Gasteiger partial charge in [-0.3, -0.25) is 9.40 Å². The third-order valence-electron chi connectivity index (χ3n) is 2.83. The van der Waals surface area contributed by atoms with Gasteiger partial charge in [0.1, 0.15) is 10.6 Å². The van der Waals surface area contributed by atoms with Crippen LogP contribution in [0.1, 0.15) is 0 Å². The smallest absolute Gasteiger partial charge is 0.265 e. The van der Waals surface area contributed by atoms with Crippen LogP contribution in [0.5, 0.6) is 5.75 Å². The summed E-state index contributed by atoms with van der Waals surface area (Å²) in [6.45, 7) is 1.03. The Morgan fingerprint density at radius 2 is 2.14 bits per heavy atom. The largest absolute Gasteiger partial charge is 0.495 e. The SMILES string of the molecule is COCCn1cc(NS(=O)(=O)c2cc(Br)ccc2OC)cn1. The van der Waals surface area contributed by atoms with E-state index in [-0.39, 0.29) is 10.6 Å². The molecule has 0 radical (unpaired) electrons. The van der Waals surface area contributed by atoms with Crippen LogP contribution < -0.4 is 9.46 Å². The molecule has 1 heterocycles. The number of aromatic nitrogens is 2. The summed E-state index contributed by atoms with van der Waals surface area (Å²) >= 11 is 3.26. The van der Waals surface area contributed by atoms with Gasteiger partial charge in [0.05, 0.1) is 32.1 Å². The normalized spacial score (nSPS) is 11.4. The van der Waals surface area contributed by atoms with Crippen molar-refractivity contribution in [1.82, 2.24) is 9.78 Å². The van der Waals surface area contributed by atoms with Gasteiger partial charge in [0.25, 0.3) is 10.0 Å². The van der Waals surface area contributed by atoms with Gasteiger partial charge in [-0.15, -0.1) is 0 Å². The second kappa shape index (κ2) is 7.12. The average Bonchev–Trinajstić information content (AvgIpc) is 2.91. The van der Waals surface area contributed by atoms with Crippen LogP contribution in [-0.2, 0) is 21.3 Å². The van der Waals surface area contributed by atoms with E-state index in [1.165, 1.54) is 19.4 Å². The molecule has 0 unspecified atom stereocenters. The molecule has 0 saturated heterocycles. The van der Waals surface area contributed by atoms with E-state index in [0.29, 0.717) is 23.3 Å². The monoisotopic (exact) mass is 389 g/mol. The van der Waals surface area contributed by atoms with Crippen LogP contribution in [0.4, 0.5) is 5.69 Å². The Labute approximate surface area is 137 Å². The highest BCUT2D eigenvalue weighted by molar-refractivity contribution is 9.10. The maximum atomic E-state index is 12.5. The first kappa shape index (κ1) is 16.8. The summed E-state index contributed by atoms with van der Waals surface area (Å²) in [4.78, 5) is 0.0500. The second-order valence-corrected chi connectivity index (χ2v) is 6.95. The molecule has 0 bridgehead atoms. The highest BCUT2D eigenvalue weighted by Gasteiger charge is 2.20. The number of methoxy groups -OCH3 is 2. The minimum atomic E-state index is -3.78. The van der Waals surface area contributed by atoms with E-state index < -0.39 is 10.0 Å². The molecule has 1 aromatic heterocycles. The van der Waals surface area contributed by atoms with Crippen LogP contribution in [0, 0.1) is 0 Å². The molecular formula is C13H16BrN3O4S. The maximum Gasteiger partial charge on any atom is 0.265 e. The van der Waals surface area contributed by atoms with Crippen molar-refractivity contribution < 1.29 is 17.9 Å². The topological polar surface area (TPSA) is 82.5 Å². The Morgan fingerprint density at radius 3 is 2.82 bits per heavy atom. The molecule has 22 heavy (non-hydrogen) atoms. The van der Waals surface area contributed by atoms with E-state index in [9.17, 15) is 8.42 Å². The van der Waals surface area contributed by atoms with Gasteiger partial charge >= 0.3 is 0 Å². The highest BCUT2D eigenvalue weighted by atomic mass is 79.9. The molecule has 0 fully saturated rings. The first-order valence-corrected chi connectivity index (χ1v) is 8.61. The molecule has 0 aliphatic rings. The predicted octanol–water partition coefficient (Wildman–Crippen LogP) is 2.10. The highest BCUT2D eigenvalue weighted by Crippen LogP contribution is 2.28. The number of hydrogen-bond donors (Lipinski definition) is 1. The molecule has 0 aliphatic heterocycles. The van der Waals surface area contributed by atoms with Gasteiger partial charge in [-0.2, -0.15) is 5.10 Å². The van der Waals surface area contributed by atoms with Crippen molar-refractivity contribution in [3.63, 3.8) is 0 Å². The Morgan fingerprint density at radius 1 is 1.36 bits per heavy atom. The van der Waals surface area contributed by atoms with Crippen LogP contribution in [0.25, 0.3) is 0 Å². The lowest BCUT2D eigenvalue weighted by atomic mass is 10.3. The van der Waals surface area contributed by atoms with E-state index >= 15 is 0 Å². The Hall–Kier alpha value is -1.58. The second-order valence-electron chi connectivity index (χ2n) is 4.39.